The minimum absolute atomic E-state index is 0.423. The van der Waals surface area contributed by atoms with E-state index in [-0.39, 0.29) is 0 Å². The van der Waals surface area contributed by atoms with E-state index in [0.29, 0.717) is 29.2 Å². The molecule has 0 spiro atoms. The molecular weight excluding hydrogens is 380 g/mol. The first kappa shape index (κ1) is 21.0. The van der Waals surface area contributed by atoms with Crippen molar-refractivity contribution >= 4 is 17.6 Å². The smallest absolute Gasteiger partial charge is 0.338 e. The SMILES string of the molecule is COC(=O)/C(=C/c1ccc(COc2ccccc2)cc1)c1ccc(OC)c(OC)c1. The molecule has 0 amide bonds. The summed E-state index contributed by atoms with van der Waals surface area (Å²) >= 11 is 0. The Morgan fingerprint density at radius 1 is 0.833 bits per heavy atom. The molecule has 0 heterocycles. The number of hydrogen-bond acceptors (Lipinski definition) is 5. The lowest BCUT2D eigenvalue weighted by Gasteiger charge is -2.11. The van der Waals surface area contributed by atoms with Gasteiger partial charge in [-0.3, -0.25) is 0 Å². The number of ether oxygens (including phenoxy) is 4. The van der Waals surface area contributed by atoms with E-state index >= 15 is 0 Å². The molecule has 154 valence electrons. The van der Waals surface area contributed by atoms with Gasteiger partial charge in [-0.1, -0.05) is 48.5 Å². The number of para-hydroxylation sites is 1. The monoisotopic (exact) mass is 404 g/mol. The van der Waals surface area contributed by atoms with Gasteiger partial charge in [-0.25, -0.2) is 4.79 Å². The third-order valence-corrected chi connectivity index (χ3v) is 4.54. The predicted octanol–water partition coefficient (Wildman–Crippen LogP) is 5.00. The normalized spacial score (nSPS) is 11.0. The Morgan fingerprint density at radius 3 is 2.17 bits per heavy atom. The second-order valence-electron chi connectivity index (χ2n) is 6.46. The molecule has 3 aromatic carbocycles. The van der Waals surface area contributed by atoms with Crippen LogP contribution in [-0.2, 0) is 16.1 Å². The zero-order valence-corrected chi connectivity index (χ0v) is 17.3. The zero-order valence-electron chi connectivity index (χ0n) is 17.3. The number of carbonyl (C=O) groups excluding carboxylic acids is 1. The van der Waals surface area contributed by atoms with Crippen LogP contribution in [0.15, 0.2) is 72.8 Å². The fourth-order valence-electron chi connectivity index (χ4n) is 2.93. The Hall–Kier alpha value is -3.73. The first-order valence-corrected chi connectivity index (χ1v) is 9.44. The summed E-state index contributed by atoms with van der Waals surface area (Å²) in [6, 6.07) is 22.8. The highest BCUT2D eigenvalue weighted by Crippen LogP contribution is 2.31. The number of carbonyl (C=O) groups is 1. The molecular formula is C25H24O5. The van der Waals surface area contributed by atoms with Gasteiger partial charge in [-0.2, -0.15) is 0 Å². The summed E-state index contributed by atoms with van der Waals surface area (Å²) in [5.74, 6) is 1.52. The molecule has 0 aliphatic carbocycles. The Kier molecular flexibility index (Phi) is 7.11. The van der Waals surface area contributed by atoms with Gasteiger partial charge in [0.05, 0.1) is 26.9 Å². The maximum atomic E-state index is 12.4. The highest BCUT2D eigenvalue weighted by molar-refractivity contribution is 6.21. The standard InChI is InChI=1S/C25H24O5/c1-27-23-14-13-20(16-24(23)28-2)22(25(26)29-3)15-18-9-11-19(12-10-18)17-30-21-7-5-4-6-8-21/h4-16H,17H2,1-3H3/b22-15+. The summed E-state index contributed by atoms with van der Waals surface area (Å²) in [6.45, 7) is 0.466. The lowest BCUT2D eigenvalue weighted by atomic mass is 10.0. The lowest BCUT2D eigenvalue weighted by Crippen LogP contribution is -2.04. The van der Waals surface area contributed by atoms with E-state index in [2.05, 4.69) is 0 Å². The molecule has 0 fully saturated rings. The van der Waals surface area contributed by atoms with Gasteiger partial charge in [0.15, 0.2) is 11.5 Å². The summed E-state index contributed by atoms with van der Waals surface area (Å²) in [5.41, 5.74) is 3.00. The number of methoxy groups -OCH3 is 3. The van der Waals surface area contributed by atoms with Gasteiger partial charge >= 0.3 is 5.97 Å². The first-order chi connectivity index (χ1) is 14.6. The third kappa shape index (κ3) is 5.20. The minimum atomic E-state index is -0.432. The topological polar surface area (TPSA) is 54.0 Å². The van der Waals surface area contributed by atoms with Crippen LogP contribution in [0.25, 0.3) is 11.6 Å². The van der Waals surface area contributed by atoms with Gasteiger partial charge in [0, 0.05) is 0 Å². The van der Waals surface area contributed by atoms with Crippen LogP contribution in [0.4, 0.5) is 0 Å². The van der Waals surface area contributed by atoms with Crippen molar-refractivity contribution < 1.29 is 23.7 Å². The highest BCUT2D eigenvalue weighted by Gasteiger charge is 2.15. The Bertz CT molecular complexity index is 1010. The van der Waals surface area contributed by atoms with Crippen LogP contribution >= 0.6 is 0 Å². The first-order valence-electron chi connectivity index (χ1n) is 9.44. The van der Waals surface area contributed by atoms with Crippen LogP contribution in [0, 0.1) is 0 Å². The molecule has 3 rings (SSSR count). The molecule has 30 heavy (non-hydrogen) atoms. The molecule has 5 heteroatoms. The number of rotatable bonds is 8. The van der Waals surface area contributed by atoms with E-state index in [0.717, 1.165) is 16.9 Å². The molecule has 0 radical (unpaired) electrons. The summed E-state index contributed by atoms with van der Waals surface area (Å²) < 4.78 is 21.4. The van der Waals surface area contributed by atoms with E-state index < -0.39 is 5.97 Å². The average Bonchev–Trinajstić information content (AvgIpc) is 2.81. The third-order valence-electron chi connectivity index (χ3n) is 4.54. The van der Waals surface area contributed by atoms with Crippen LogP contribution in [0.3, 0.4) is 0 Å². The van der Waals surface area contributed by atoms with Crippen molar-refractivity contribution in [2.75, 3.05) is 21.3 Å². The molecule has 0 aliphatic rings. The van der Waals surface area contributed by atoms with Gasteiger partial charge in [-0.05, 0) is 47.0 Å². The molecule has 0 unspecified atom stereocenters. The van der Waals surface area contributed by atoms with E-state index in [1.165, 1.54) is 7.11 Å². The van der Waals surface area contributed by atoms with Crippen LogP contribution in [0.1, 0.15) is 16.7 Å². The van der Waals surface area contributed by atoms with Gasteiger partial charge in [0.2, 0.25) is 0 Å². The van der Waals surface area contributed by atoms with E-state index in [9.17, 15) is 4.79 Å². The molecule has 0 saturated carbocycles. The van der Waals surface area contributed by atoms with Gasteiger partial charge in [0.25, 0.3) is 0 Å². The van der Waals surface area contributed by atoms with E-state index in [4.69, 9.17) is 18.9 Å². The Balaban J connectivity index is 1.82. The predicted molar refractivity (Wildman–Crippen MR) is 117 cm³/mol. The maximum Gasteiger partial charge on any atom is 0.338 e. The van der Waals surface area contributed by atoms with Crippen molar-refractivity contribution in [1.29, 1.82) is 0 Å². The van der Waals surface area contributed by atoms with Crippen LogP contribution in [0.5, 0.6) is 17.2 Å². The molecule has 0 aromatic heterocycles. The lowest BCUT2D eigenvalue weighted by molar-refractivity contribution is -0.133. The molecule has 0 N–H and O–H groups in total. The second kappa shape index (κ2) is 10.2. The molecule has 0 atom stereocenters. The fraction of sp³-hybridized carbons (Fsp3) is 0.160. The second-order valence-corrected chi connectivity index (χ2v) is 6.46. The fourth-order valence-corrected chi connectivity index (χ4v) is 2.93. The summed E-state index contributed by atoms with van der Waals surface area (Å²) in [7, 11) is 4.48. The summed E-state index contributed by atoms with van der Waals surface area (Å²) in [6.07, 6.45) is 1.79. The van der Waals surface area contributed by atoms with E-state index in [1.807, 2.05) is 54.6 Å². The van der Waals surface area contributed by atoms with E-state index in [1.54, 1.807) is 38.5 Å². The number of hydrogen-bond donors (Lipinski definition) is 0. The van der Waals surface area contributed by atoms with Crippen LogP contribution in [0.2, 0.25) is 0 Å². The van der Waals surface area contributed by atoms with Crippen LogP contribution < -0.4 is 14.2 Å². The Labute approximate surface area is 176 Å². The molecule has 0 saturated heterocycles. The molecule has 5 nitrogen and oxygen atoms in total. The van der Waals surface area contributed by atoms with Gasteiger partial charge in [0.1, 0.15) is 12.4 Å². The van der Waals surface area contributed by atoms with Crippen molar-refractivity contribution in [2.24, 2.45) is 0 Å². The number of benzene rings is 3. The van der Waals surface area contributed by atoms with Gasteiger partial charge < -0.3 is 18.9 Å². The highest BCUT2D eigenvalue weighted by atomic mass is 16.5. The molecule has 0 aliphatic heterocycles. The van der Waals surface area contributed by atoms with Gasteiger partial charge in [-0.15, -0.1) is 0 Å². The van der Waals surface area contributed by atoms with Crippen LogP contribution in [-0.4, -0.2) is 27.3 Å². The van der Waals surface area contributed by atoms with Crippen molar-refractivity contribution in [3.63, 3.8) is 0 Å². The summed E-state index contributed by atoms with van der Waals surface area (Å²) in [5, 5.41) is 0. The average molecular weight is 404 g/mol. The maximum absolute atomic E-state index is 12.4. The molecule has 3 aromatic rings. The largest absolute Gasteiger partial charge is 0.493 e. The molecule has 0 bridgehead atoms. The summed E-state index contributed by atoms with van der Waals surface area (Å²) in [4.78, 5) is 12.4. The quantitative estimate of drug-likeness (QED) is 0.301. The van der Waals surface area contributed by atoms with Crippen molar-refractivity contribution in [3.05, 3.63) is 89.5 Å². The van der Waals surface area contributed by atoms with Crippen molar-refractivity contribution in [3.8, 4) is 17.2 Å². The minimum Gasteiger partial charge on any atom is -0.493 e. The van der Waals surface area contributed by atoms with Crippen molar-refractivity contribution in [2.45, 2.75) is 6.61 Å². The Morgan fingerprint density at radius 2 is 1.53 bits per heavy atom. The zero-order chi connectivity index (χ0) is 21.3. The number of esters is 1. The van der Waals surface area contributed by atoms with Crippen molar-refractivity contribution in [1.82, 2.24) is 0 Å².